The van der Waals surface area contributed by atoms with Crippen LogP contribution in [0.4, 0.5) is 0 Å². The highest BCUT2D eigenvalue weighted by Crippen LogP contribution is 2.18. The second-order valence-electron chi connectivity index (χ2n) is 7.20. The number of aromatic nitrogens is 3. The maximum absolute atomic E-state index is 12.4. The van der Waals surface area contributed by atoms with Crippen molar-refractivity contribution < 1.29 is 14.3 Å². The number of allylic oxidation sites excluding steroid dienone is 1. The molecule has 2 N–H and O–H groups in total. The molecule has 172 valence electrons. The predicted octanol–water partition coefficient (Wildman–Crippen LogP) is 3.37. The van der Waals surface area contributed by atoms with Crippen LogP contribution in [0.25, 0.3) is 0 Å². The summed E-state index contributed by atoms with van der Waals surface area (Å²) in [6, 6.07) is 16.5. The van der Waals surface area contributed by atoms with Crippen LogP contribution in [-0.4, -0.2) is 39.4 Å². The van der Waals surface area contributed by atoms with Crippen molar-refractivity contribution in [3.8, 4) is 5.75 Å². The molecule has 0 bridgehead atoms. The van der Waals surface area contributed by atoms with Gasteiger partial charge in [-0.3, -0.25) is 9.59 Å². The van der Waals surface area contributed by atoms with Crippen molar-refractivity contribution >= 4 is 23.6 Å². The van der Waals surface area contributed by atoms with Crippen molar-refractivity contribution in [3.63, 3.8) is 0 Å². The van der Waals surface area contributed by atoms with Crippen molar-refractivity contribution in [2.24, 2.45) is 0 Å². The zero-order chi connectivity index (χ0) is 23.6. The second-order valence-corrected chi connectivity index (χ2v) is 8.14. The first-order chi connectivity index (χ1) is 16.0. The molecule has 3 aromatic rings. The van der Waals surface area contributed by atoms with Crippen LogP contribution in [0.5, 0.6) is 5.75 Å². The monoisotopic (exact) mass is 465 g/mol. The van der Waals surface area contributed by atoms with E-state index in [0.717, 1.165) is 5.56 Å². The van der Waals surface area contributed by atoms with Crippen LogP contribution in [-0.2, 0) is 17.9 Å². The normalized spacial score (nSPS) is 11.5. The number of carbonyl (C=O) groups excluding carboxylic acids is 2. The molecule has 2 aromatic carbocycles. The molecule has 3 rings (SSSR count). The number of methoxy groups -OCH3 is 1. The Morgan fingerprint density at radius 2 is 1.88 bits per heavy atom. The van der Waals surface area contributed by atoms with E-state index in [2.05, 4.69) is 27.4 Å². The molecule has 0 saturated carbocycles. The van der Waals surface area contributed by atoms with E-state index < -0.39 is 0 Å². The molecule has 0 saturated heterocycles. The average molecular weight is 466 g/mol. The Labute approximate surface area is 197 Å². The first-order valence-electron chi connectivity index (χ1n) is 10.4. The van der Waals surface area contributed by atoms with Gasteiger partial charge in [-0.2, -0.15) is 0 Å². The first kappa shape index (κ1) is 24.1. The maximum atomic E-state index is 12.4. The fourth-order valence-electron chi connectivity index (χ4n) is 3.11. The van der Waals surface area contributed by atoms with Crippen LogP contribution < -0.4 is 15.4 Å². The molecule has 1 atom stereocenters. The topological polar surface area (TPSA) is 98.1 Å². The van der Waals surface area contributed by atoms with Crippen LogP contribution in [0.2, 0.25) is 0 Å². The molecule has 0 aliphatic carbocycles. The van der Waals surface area contributed by atoms with Crippen LogP contribution in [0.1, 0.15) is 34.7 Å². The van der Waals surface area contributed by atoms with Gasteiger partial charge in [0.15, 0.2) is 11.0 Å². The Balaban J connectivity index is 1.57. The summed E-state index contributed by atoms with van der Waals surface area (Å²) in [6.07, 6.45) is 1.72. The van der Waals surface area contributed by atoms with E-state index in [1.165, 1.54) is 11.8 Å². The SMILES string of the molecule is C=CCn1c(CNC(=O)c2ccc(OC)cc2)nnc1SCC(=O)N[C@H](C)c1ccccc1. The van der Waals surface area contributed by atoms with Gasteiger partial charge in [0.05, 0.1) is 25.4 Å². The van der Waals surface area contributed by atoms with Gasteiger partial charge < -0.3 is 19.9 Å². The van der Waals surface area contributed by atoms with Gasteiger partial charge >= 0.3 is 0 Å². The Morgan fingerprint density at radius 3 is 2.55 bits per heavy atom. The van der Waals surface area contributed by atoms with Crippen molar-refractivity contribution in [2.45, 2.75) is 31.2 Å². The number of nitrogens with one attached hydrogen (secondary N) is 2. The van der Waals surface area contributed by atoms with E-state index in [1.807, 2.05) is 41.8 Å². The van der Waals surface area contributed by atoms with E-state index in [4.69, 9.17) is 4.74 Å². The minimum atomic E-state index is -0.228. The number of thioether (sulfide) groups is 1. The number of ether oxygens (including phenoxy) is 1. The minimum Gasteiger partial charge on any atom is -0.497 e. The third-order valence-corrected chi connectivity index (χ3v) is 5.84. The van der Waals surface area contributed by atoms with Crippen LogP contribution >= 0.6 is 11.8 Å². The standard InChI is InChI=1S/C24H27N5O3S/c1-4-14-29-21(15-25-23(31)19-10-12-20(32-3)13-11-19)27-28-24(29)33-16-22(30)26-17(2)18-8-6-5-7-9-18/h4-13,17H,1,14-16H2,2-3H3,(H,25,31)(H,26,30)/t17-/m1/s1. The molecule has 2 amide bonds. The number of nitrogens with zero attached hydrogens (tertiary/aromatic N) is 3. The fourth-order valence-corrected chi connectivity index (χ4v) is 3.89. The van der Waals surface area contributed by atoms with Crippen molar-refractivity contribution in [3.05, 3.63) is 84.2 Å². The Kier molecular flexibility index (Phi) is 8.65. The molecular formula is C24H27N5O3S. The summed E-state index contributed by atoms with van der Waals surface area (Å²) >= 11 is 1.29. The summed E-state index contributed by atoms with van der Waals surface area (Å²) < 4.78 is 6.95. The molecule has 0 fully saturated rings. The van der Waals surface area contributed by atoms with E-state index in [-0.39, 0.29) is 30.2 Å². The van der Waals surface area contributed by atoms with E-state index in [0.29, 0.717) is 28.8 Å². The zero-order valence-electron chi connectivity index (χ0n) is 18.7. The quantitative estimate of drug-likeness (QED) is 0.333. The first-order valence-corrected chi connectivity index (χ1v) is 11.4. The highest BCUT2D eigenvalue weighted by atomic mass is 32.2. The number of rotatable bonds is 11. The van der Waals surface area contributed by atoms with E-state index in [1.54, 1.807) is 37.5 Å². The van der Waals surface area contributed by atoms with Crippen LogP contribution in [0, 0.1) is 0 Å². The van der Waals surface area contributed by atoms with Gasteiger partial charge in [0.2, 0.25) is 5.91 Å². The van der Waals surface area contributed by atoms with Crippen molar-refractivity contribution in [1.82, 2.24) is 25.4 Å². The van der Waals surface area contributed by atoms with Gasteiger partial charge in [0.25, 0.3) is 5.91 Å². The lowest BCUT2D eigenvalue weighted by molar-refractivity contribution is -0.119. The lowest BCUT2D eigenvalue weighted by Gasteiger charge is -2.14. The molecule has 1 heterocycles. The summed E-state index contributed by atoms with van der Waals surface area (Å²) in [5.74, 6) is 1.14. The van der Waals surface area contributed by atoms with Gasteiger partial charge in [0.1, 0.15) is 5.75 Å². The van der Waals surface area contributed by atoms with Gasteiger partial charge in [0, 0.05) is 12.1 Å². The number of hydrogen-bond donors (Lipinski definition) is 2. The summed E-state index contributed by atoms with van der Waals surface area (Å²) in [4.78, 5) is 24.9. The maximum Gasteiger partial charge on any atom is 0.251 e. The Morgan fingerprint density at radius 1 is 1.15 bits per heavy atom. The van der Waals surface area contributed by atoms with Gasteiger partial charge in [-0.15, -0.1) is 16.8 Å². The second kappa shape index (κ2) is 11.9. The number of hydrogen-bond acceptors (Lipinski definition) is 6. The van der Waals surface area contributed by atoms with Crippen molar-refractivity contribution in [1.29, 1.82) is 0 Å². The zero-order valence-corrected chi connectivity index (χ0v) is 19.5. The van der Waals surface area contributed by atoms with Gasteiger partial charge in [-0.1, -0.05) is 48.2 Å². The summed E-state index contributed by atoms with van der Waals surface area (Å²) in [6.45, 7) is 6.39. The highest BCUT2D eigenvalue weighted by molar-refractivity contribution is 7.99. The average Bonchev–Trinajstić information content (AvgIpc) is 3.23. The Hall–Kier alpha value is -3.59. The van der Waals surface area contributed by atoms with Gasteiger partial charge in [-0.25, -0.2) is 0 Å². The number of carbonyl (C=O) groups is 2. The smallest absolute Gasteiger partial charge is 0.251 e. The minimum absolute atomic E-state index is 0.0888. The number of amides is 2. The molecule has 9 heteroatoms. The molecule has 0 aliphatic rings. The van der Waals surface area contributed by atoms with E-state index >= 15 is 0 Å². The summed E-state index contributed by atoms with van der Waals surface area (Å²) in [7, 11) is 1.57. The molecule has 8 nitrogen and oxygen atoms in total. The molecule has 33 heavy (non-hydrogen) atoms. The number of benzene rings is 2. The molecule has 0 radical (unpaired) electrons. The molecule has 0 unspecified atom stereocenters. The highest BCUT2D eigenvalue weighted by Gasteiger charge is 2.16. The van der Waals surface area contributed by atoms with Gasteiger partial charge in [-0.05, 0) is 36.8 Å². The summed E-state index contributed by atoms with van der Waals surface area (Å²) in [5.41, 5.74) is 1.56. The third kappa shape index (κ3) is 6.69. The van der Waals surface area contributed by atoms with E-state index in [9.17, 15) is 9.59 Å². The third-order valence-electron chi connectivity index (χ3n) is 4.87. The lowest BCUT2D eigenvalue weighted by Crippen LogP contribution is -2.28. The molecular weight excluding hydrogens is 438 g/mol. The van der Waals surface area contributed by atoms with Crippen LogP contribution in [0.15, 0.2) is 72.4 Å². The molecule has 0 aliphatic heterocycles. The Bertz CT molecular complexity index is 1080. The molecule has 0 spiro atoms. The molecule has 1 aromatic heterocycles. The van der Waals surface area contributed by atoms with Crippen molar-refractivity contribution in [2.75, 3.05) is 12.9 Å². The summed E-state index contributed by atoms with van der Waals surface area (Å²) in [5, 5.41) is 14.8. The fraction of sp³-hybridized carbons (Fsp3) is 0.250. The van der Waals surface area contributed by atoms with Crippen LogP contribution in [0.3, 0.4) is 0 Å². The lowest BCUT2D eigenvalue weighted by atomic mass is 10.1. The predicted molar refractivity (Wildman–Crippen MR) is 128 cm³/mol. The largest absolute Gasteiger partial charge is 0.497 e.